The van der Waals surface area contributed by atoms with Gasteiger partial charge < -0.3 is 11.1 Å². The number of amides is 1. The fraction of sp³-hybridized carbons (Fsp3) is 0.909. The summed E-state index contributed by atoms with van der Waals surface area (Å²) >= 11 is 0. The maximum Gasteiger partial charge on any atom is 0.224 e. The van der Waals surface area contributed by atoms with E-state index in [1.54, 1.807) is 0 Å². The van der Waals surface area contributed by atoms with Crippen LogP contribution in [0.5, 0.6) is 0 Å². The minimum Gasteiger partial charge on any atom is -0.356 e. The van der Waals surface area contributed by atoms with E-state index in [4.69, 9.17) is 5.73 Å². The molecular formula is C11H22N2O. The van der Waals surface area contributed by atoms with E-state index >= 15 is 0 Å². The highest BCUT2D eigenvalue weighted by Crippen LogP contribution is 2.23. The van der Waals surface area contributed by atoms with E-state index in [0.29, 0.717) is 5.92 Å². The number of hydrogen-bond donors (Lipinski definition) is 2. The Balaban J connectivity index is 2.19. The minimum atomic E-state index is -0.0728. The summed E-state index contributed by atoms with van der Waals surface area (Å²) in [5, 5.41) is 2.99. The van der Waals surface area contributed by atoms with Gasteiger partial charge in [0.05, 0.1) is 0 Å². The molecule has 0 aromatic carbocycles. The van der Waals surface area contributed by atoms with Crippen molar-refractivity contribution >= 4 is 5.91 Å². The molecule has 14 heavy (non-hydrogen) atoms. The molecule has 1 aliphatic rings. The van der Waals surface area contributed by atoms with Crippen LogP contribution in [0, 0.1) is 11.8 Å². The second kappa shape index (κ2) is 5.35. The van der Waals surface area contributed by atoms with Crippen LogP contribution in [0.1, 0.15) is 39.5 Å². The van der Waals surface area contributed by atoms with Crippen LogP contribution in [-0.4, -0.2) is 18.5 Å². The molecule has 3 heteroatoms. The largest absolute Gasteiger partial charge is 0.356 e. The Kier molecular flexibility index (Phi) is 4.39. The van der Waals surface area contributed by atoms with Gasteiger partial charge in [0.15, 0.2) is 0 Å². The van der Waals surface area contributed by atoms with Crippen molar-refractivity contribution in [3.05, 3.63) is 0 Å². The molecule has 0 aliphatic heterocycles. The lowest BCUT2D eigenvalue weighted by Crippen LogP contribution is -2.40. The highest BCUT2D eigenvalue weighted by molar-refractivity contribution is 5.78. The Bertz CT molecular complexity index is 186. The van der Waals surface area contributed by atoms with Gasteiger partial charge in [0, 0.05) is 18.5 Å². The van der Waals surface area contributed by atoms with Crippen molar-refractivity contribution in [2.75, 3.05) is 6.54 Å². The van der Waals surface area contributed by atoms with Crippen molar-refractivity contribution in [3.63, 3.8) is 0 Å². The Morgan fingerprint density at radius 1 is 1.43 bits per heavy atom. The molecule has 3 N–H and O–H groups in total. The summed E-state index contributed by atoms with van der Waals surface area (Å²) in [6.07, 6.45) is 5.19. The first-order valence-corrected chi connectivity index (χ1v) is 5.64. The van der Waals surface area contributed by atoms with Crippen molar-refractivity contribution < 1.29 is 4.79 Å². The predicted molar refractivity (Wildman–Crippen MR) is 57.8 cm³/mol. The quantitative estimate of drug-likeness (QED) is 0.715. The second-order valence-corrected chi connectivity index (χ2v) is 4.54. The average molecular weight is 198 g/mol. The molecule has 1 saturated carbocycles. The van der Waals surface area contributed by atoms with Gasteiger partial charge in [0.1, 0.15) is 0 Å². The molecule has 3 nitrogen and oxygen atoms in total. The molecule has 2 atom stereocenters. The first-order valence-electron chi connectivity index (χ1n) is 5.64. The molecule has 0 aromatic rings. The van der Waals surface area contributed by atoms with E-state index < -0.39 is 0 Å². The van der Waals surface area contributed by atoms with E-state index in [1.165, 1.54) is 25.7 Å². The molecule has 1 rings (SSSR count). The lowest BCUT2D eigenvalue weighted by atomic mass is 10.0. The Morgan fingerprint density at radius 3 is 2.50 bits per heavy atom. The van der Waals surface area contributed by atoms with Crippen molar-refractivity contribution in [1.29, 1.82) is 0 Å². The van der Waals surface area contributed by atoms with E-state index in [2.05, 4.69) is 5.32 Å². The summed E-state index contributed by atoms with van der Waals surface area (Å²) in [6, 6.07) is -0.0569. The van der Waals surface area contributed by atoms with Crippen LogP contribution in [0.15, 0.2) is 0 Å². The maximum absolute atomic E-state index is 11.6. The number of carbonyl (C=O) groups is 1. The highest BCUT2D eigenvalue weighted by Gasteiger charge is 2.19. The summed E-state index contributed by atoms with van der Waals surface area (Å²) in [4.78, 5) is 11.6. The Labute approximate surface area is 86.4 Å². The van der Waals surface area contributed by atoms with Gasteiger partial charge in [-0.15, -0.1) is 0 Å². The van der Waals surface area contributed by atoms with Crippen molar-refractivity contribution in [1.82, 2.24) is 5.32 Å². The number of nitrogens with two attached hydrogens (primary N) is 1. The number of nitrogens with one attached hydrogen (secondary N) is 1. The molecule has 1 fully saturated rings. The van der Waals surface area contributed by atoms with Crippen LogP contribution in [-0.2, 0) is 4.79 Å². The normalized spacial score (nSPS) is 21.9. The van der Waals surface area contributed by atoms with Crippen LogP contribution in [0.25, 0.3) is 0 Å². The van der Waals surface area contributed by atoms with E-state index in [9.17, 15) is 4.79 Å². The Morgan fingerprint density at radius 2 is 2.00 bits per heavy atom. The van der Waals surface area contributed by atoms with Crippen LogP contribution >= 0.6 is 0 Å². The standard InChI is InChI=1S/C11H22N2O/c1-8(9(2)12)11(14)13-7-10-5-3-4-6-10/h8-10H,3-7,12H2,1-2H3,(H,13,14). The van der Waals surface area contributed by atoms with Gasteiger partial charge in [-0.2, -0.15) is 0 Å². The maximum atomic E-state index is 11.6. The molecule has 0 heterocycles. The summed E-state index contributed by atoms with van der Waals surface area (Å²) in [5.74, 6) is 0.738. The minimum absolute atomic E-state index is 0.0569. The Hall–Kier alpha value is -0.570. The van der Waals surface area contributed by atoms with Gasteiger partial charge in [-0.1, -0.05) is 19.8 Å². The van der Waals surface area contributed by atoms with Gasteiger partial charge in [0.2, 0.25) is 5.91 Å². The molecule has 0 aromatic heterocycles. The second-order valence-electron chi connectivity index (χ2n) is 4.54. The van der Waals surface area contributed by atoms with Gasteiger partial charge >= 0.3 is 0 Å². The first-order chi connectivity index (χ1) is 6.61. The summed E-state index contributed by atoms with van der Waals surface area (Å²) in [6.45, 7) is 4.60. The lowest BCUT2D eigenvalue weighted by Gasteiger charge is -2.17. The van der Waals surface area contributed by atoms with Gasteiger partial charge in [-0.3, -0.25) is 4.79 Å². The summed E-state index contributed by atoms with van der Waals surface area (Å²) in [7, 11) is 0. The lowest BCUT2D eigenvalue weighted by molar-refractivity contribution is -0.125. The molecule has 2 unspecified atom stereocenters. The molecule has 0 bridgehead atoms. The highest BCUT2D eigenvalue weighted by atomic mass is 16.1. The van der Waals surface area contributed by atoms with Crippen molar-refractivity contribution in [3.8, 4) is 0 Å². The smallest absolute Gasteiger partial charge is 0.224 e. The molecular weight excluding hydrogens is 176 g/mol. The number of carbonyl (C=O) groups excluding carboxylic acids is 1. The fourth-order valence-corrected chi connectivity index (χ4v) is 1.86. The van der Waals surface area contributed by atoms with E-state index in [1.807, 2.05) is 13.8 Å². The third-order valence-corrected chi connectivity index (χ3v) is 3.24. The number of rotatable bonds is 4. The van der Waals surface area contributed by atoms with E-state index in [-0.39, 0.29) is 17.9 Å². The summed E-state index contributed by atoms with van der Waals surface area (Å²) in [5.41, 5.74) is 5.66. The molecule has 0 spiro atoms. The zero-order valence-corrected chi connectivity index (χ0v) is 9.25. The summed E-state index contributed by atoms with van der Waals surface area (Å²) < 4.78 is 0. The first kappa shape index (κ1) is 11.5. The zero-order chi connectivity index (χ0) is 10.6. The monoisotopic (exact) mass is 198 g/mol. The average Bonchev–Trinajstić information content (AvgIpc) is 2.65. The third kappa shape index (κ3) is 3.29. The zero-order valence-electron chi connectivity index (χ0n) is 9.25. The van der Waals surface area contributed by atoms with E-state index in [0.717, 1.165) is 6.54 Å². The molecule has 0 radical (unpaired) electrons. The van der Waals surface area contributed by atoms with Gasteiger partial charge in [-0.05, 0) is 25.7 Å². The van der Waals surface area contributed by atoms with Crippen molar-refractivity contribution in [2.24, 2.45) is 17.6 Å². The van der Waals surface area contributed by atoms with Crippen molar-refractivity contribution in [2.45, 2.75) is 45.6 Å². The SMILES string of the molecule is CC(N)C(C)C(=O)NCC1CCCC1. The molecule has 1 amide bonds. The molecule has 0 saturated heterocycles. The number of hydrogen-bond acceptors (Lipinski definition) is 2. The molecule has 82 valence electrons. The molecule has 1 aliphatic carbocycles. The van der Waals surface area contributed by atoms with Crippen LogP contribution in [0.3, 0.4) is 0 Å². The van der Waals surface area contributed by atoms with Crippen LogP contribution in [0.2, 0.25) is 0 Å². The van der Waals surface area contributed by atoms with Crippen LogP contribution in [0.4, 0.5) is 0 Å². The topological polar surface area (TPSA) is 55.1 Å². The third-order valence-electron chi connectivity index (χ3n) is 3.24. The predicted octanol–water partition coefficient (Wildman–Crippen LogP) is 1.28. The van der Waals surface area contributed by atoms with Gasteiger partial charge in [-0.25, -0.2) is 0 Å². The van der Waals surface area contributed by atoms with Crippen LogP contribution < -0.4 is 11.1 Å². The van der Waals surface area contributed by atoms with Gasteiger partial charge in [0.25, 0.3) is 0 Å². The fourth-order valence-electron chi connectivity index (χ4n) is 1.86.